The molecule has 0 aliphatic carbocycles. The summed E-state index contributed by atoms with van der Waals surface area (Å²) in [5.41, 5.74) is 1.46. The molecule has 1 aromatic heterocycles. The van der Waals surface area contributed by atoms with Gasteiger partial charge in [0.2, 0.25) is 0 Å². The molecule has 0 fully saturated rings. The molecule has 0 saturated heterocycles. The van der Waals surface area contributed by atoms with E-state index in [0.717, 1.165) is 5.56 Å². The number of aliphatic hydroxyl groups excluding tert-OH is 1. The molecule has 8 heteroatoms. The van der Waals surface area contributed by atoms with Gasteiger partial charge in [-0.3, -0.25) is 4.98 Å². The molecular weight excluding hydrogens is 409 g/mol. The second-order valence-corrected chi connectivity index (χ2v) is 6.92. The molecule has 0 aliphatic heterocycles. The third-order valence-electron chi connectivity index (χ3n) is 4.25. The molecule has 0 unspecified atom stereocenters. The van der Waals surface area contributed by atoms with Crippen LogP contribution in [0.1, 0.15) is 11.1 Å². The molecule has 0 spiro atoms. The summed E-state index contributed by atoms with van der Waals surface area (Å²) in [5.74, 6) is -0.0407. The first kappa shape index (κ1) is 21.5. The Kier molecular flexibility index (Phi) is 7.59. The van der Waals surface area contributed by atoms with Crippen LogP contribution in [0.25, 0.3) is 0 Å². The van der Waals surface area contributed by atoms with Crippen LogP contribution in [0.5, 0.6) is 11.5 Å². The van der Waals surface area contributed by atoms with Gasteiger partial charge in [0.25, 0.3) is 0 Å². The highest BCUT2D eigenvalue weighted by molar-refractivity contribution is 6.30. The molecule has 3 aromatic rings. The molecule has 1 heterocycles. The van der Waals surface area contributed by atoms with Crippen molar-refractivity contribution in [3.05, 3.63) is 89.0 Å². The number of aliphatic hydroxyl groups is 1. The number of halogens is 2. The third-order valence-corrected chi connectivity index (χ3v) is 4.50. The zero-order chi connectivity index (χ0) is 21.3. The van der Waals surface area contributed by atoms with Crippen molar-refractivity contribution in [1.29, 1.82) is 0 Å². The second kappa shape index (κ2) is 10.6. The van der Waals surface area contributed by atoms with Crippen LogP contribution >= 0.6 is 11.6 Å². The summed E-state index contributed by atoms with van der Waals surface area (Å²) in [6.45, 7) is 0.442. The van der Waals surface area contributed by atoms with E-state index >= 15 is 0 Å². The predicted molar refractivity (Wildman–Crippen MR) is 112 cm³/mol. The minimum atomic E-state index is -0.543. The van der Waals surface area contributed by atoms with Gasteiger partial charge in [0.05, 0.1) is 12.8 Å². The Morgan fingerprint density at radius 2 is 1.93 bits per heavy atom. The van der Waals surface area contributed by atoms with E-state index in [-0.39, 0.29) is 31.5 Å². The van der Waals surface area contributed by atoms with Crippen LogP contribution in [0.15, 0.2) is 67.0 Å². The summed E-state index contributed by atoms with van der Waals surface area (Å²) < 4.78 is 19.8. The van der Waals surface area contributed by atoms with Gasteiger partial charge in [0.15, 0.2) is 11.6 Å². The Hall–Kier alpha value is -3.16. The monoisotopic (exact) mass is 429 g/mol. The largest absolute Gasteiger partial charge is 0.453 e. The van der Waals surface area contributed by atoms with Gasteiger partial charge in [-0.05, 0) is 47.5 Å². The maximum Gasteiger partial charge on any atom is 0.318 e. The fourth-order valence-electron chi connectivity index (χ4n) is 2.74. The average Bonchev–Trinajstić information content (AvgIpc) is 2.75. The van der Waals surface area contributed by atoms with Gasteiger partial charge < -0.3 is 20.1 Å². The number of rotatable bonds is 8. The average molecular weight is 430 g/mol. The summed E-state index contributed by atoms with van der Waals surface area (Å²) >= 11 is 5.88. The molecule has 0 saturated carbocycles. The quantitative estimate of drug-likeness (QED) is 0.557. The lowest BCUT2D eigenvalue weighted by Gasteiger charge is -2.22. The van der Waals surface area contributed by atoms with Crippen LogP contribution < -0.4 is 10.1 Å². The summed E-state index contributed by atoms with van der Waals surface area (Å²) in [4.78, 5) is 17.9. The fraction of sp³-hybridized carbons (Fsp3) is 0.182. The predicted octanol–water partition coefficient (Wildman–Crippen LogP) is 4.37. The molecule has 6 nitrogen and oxygen atoms in total. The zero-order valence-electron chi connectivity index (χ0n) is 16.1. The maximum absolute atomic E-state index is 14.3. The molecule has 0 atom stereocenters. The Morgan fingerprint density at radius 3 is 2.60 bits per heavy atom. The first-order chi connectivity index (χ1) is 14.5. The Balaban J connectivity index is 1.59. The van der Waals surface area contributed by atoms with E-state index in [1.807, 2.05) is 12.1 Å². The van der Waals surface area contributed by atoms with Crippen molar-refractivity contribution in [3.8, 4) is 11.5 Å². The van der Waals surface area contributed by atoms with Crippen LogP contribution in [0.2, 0.25) is 5.02 Å². The van der Waals surface area contributed by atoms with Crippen molar-refractivity contribution < 1.29 is 19.0 Å². The molecule has 2 aromatic carbocycles. The molecule has 3 rings (SSSR count). The molecule has 2 N–H and O–H groups in total. The minimum Gasteiger partial charge on any atom is -0.453 e. The van der Waals surface area contributed by atoms with Crippen LogP contribution in [0, 0.1) is 5.82 Å². The number of carbonyl (C=O) groups excluding carboxylic acids is 1. The fourth-order valence-corrected chi connectivity index (χ4v) is 2.87. The first-order valence-corrected chi connectivity index (χ1v) is 9.67. The van der Waals surface area contributed by atoms with Crippen LogP contribution in [0.3, 0.4) is 0 Å². The van der Waals surface area contributed by atoms with Gasteiger partial charge in [0, 0.05) is 30.9 Å². The number of nitrogens with one attached hydrogen (secondary N) is 1. The van der Waals surface area contributed by atoms with E-state index in [1.54, 1.807) is 36.5 Å². The normalized spacial score (nSPS) is 10.5. The lowest BCUT2D eigenvalue weighted by molar-refractivity contribution is 0.173. The zero-order valence-corrected chi connectivity index (χ0v) is 16.8. The third kappa shape index (κ3) is 6.17. The summed E-state index contributed by atoms with van der Waals surface area (Å²) in [6.07, 6.45) is 3.09. The van der Waals surface area contributed by atoms with Gasteiger partial charge in [-0.25, -0.2) is 9.18 Å². The molecule has 0 aliphatic rings. The van der Waals surface area contributed by atoms with Crippen LogP contribution in [-0.2, 0) is 13.1 Å². The lowest BCUT2D eigenvalue weighted by atomic mass is 10.2. The Bertz CT molecular complexity index is 971. The van der Waals surface area contributed by atoms with E-state index in [4.69, 9.17) is 16.3 Å². The molecular formula is C22H21ClFN3O3. The number of pyridine rings is 1. The van der Waals surface area contributed by atoms with Gasteiger partial charge in [-0.1, -0.05) is 29.8 Å². The number of nitrogens with zero attached hydrogens (tertiary/aromatic N) is 2. The first-order valence-electron chi connectivity index (χ1n) is 9.29. The van der Waals surface area contributed by atoms with E-state index in [2.05, 4.69) is 10.3 Å². The highest BCUT2D eigenvalue weighted by Crippen LogP contribution is 2.24. The van der Waals surface area contributed by atoms with Gasteiger partial charge in [0.1, 0.15) is 5.75 Å². The topological polar surface area (TPSA) is 74.7 Å². The van der Waals surface area contributed by atoms with Crippen molar-refractivity contribution in [1.82, 2.24) is 15.2 Å². The van der Waals surface area contributed by atoms with Crippen LogP contribution in [-0.4, -0.2) is 34.2 Å². The number of urea groups is 1. The van der Waals surface area contributed by atoms with Gasteiger partial charge >= 0.3 is 6.03 Å². The maximum atomic E-state index is 14.3. The number of benzene rings is 2. The van der Waals surface area contributed by atoms with E-state index in [9.17, 15) is 14.3 Å². The number of hydrogen-bond acceptors (Lipinski definition) is 4. The van der Waals surface area contributed by atoms with Crippen molar-refractivity contribution >= 4 is 17.6 Å². The van der Waals surface area contributed by atoms with Crippen molar-refractivity contribution in [2.45, 2.75) is 13.1 Å². The smallest absolute Gasteiger partial charge is 0.318 e. The van der Waals surface area contributed by atoms with E-state index in [1.165, 1.54) is 23.2 Å². The summed E-state index contributed by atoms with van der Waals surface area (Å²) in [7, 11) is 0. The molecule has 0 bridgehead atoms. The Morgan fingerprint density at radius 1 is 1.17 bits per heavy atom. The standard InChI is InChI=1S/C22H21ClFN3O3/c23-18-6-3-16(4-7-18)15-27(10-11-28)22(29)26-13-17-5-8-21(20(24)12-17)30-19-2-1-9-25-14-19/h1-9,12,14,28H,10-11,13,15H2,(H,26,29). The number of aromatic nitrogens is 1. The van der Waals surface area contributed by atoms with Gasteiger partial charge in [-0.15, -0.1) is 0 Å². The minimum absolute atomic E-state index is 0.0720. The second-order valence-electron chi connectivity index (χ2n) is 6.49. The van der Waals surface area contributed by atoms with E-state index < -0.39 is 5.82 Å². The van der Waals surface area contributed by atoms with E-state index in [0.29, 0.717) is 22.9 Å². The van der Waals surface area contributed by atoms with Crippen molar-refractivity contribution in [2.75, 3.05) is 13.2 Å². The molecule has 0 radical (unpaired) electrons. The number of ether oxygens (including phenoxy) is 1. The number of carbonyl (C=O) groups is 1. The Labute approximate surface area is 178 Å². The molecule has 30 heavy (non-hydrogen) atoms. The summed E-state index contributed by atoms with van der Waals surface area (Å²) in [5, 5.41) is 12.6. The molecule has 156 valence electrons. The lowest BCUT2D eigenvalue weighted by Crippen LogP contribution is -2.40. The SMILES string of the molecule is O=C(NCc1ccc(Oc2cccnc2)c(F)c1)N(CCO)Cc1ccc(Cl)cc1. The van der Waals surface area contributed by atoms with Crippen LogP contribution in [0.4, 0.5) is 9.18 Å². The van der Waals surface area contributed by atoms with Crippen molar-refractivity contribution in [2.24, 2.45) is 0 Å². The number of amides is 2. The highest BCUT2D eigenvalue weighted by atomic mass is 35.5. The summed E-state index contributed by atoms with van der Waals surface area (Å²) in [6, 6.07) is 14.6. The van der Waals surface area contributed by atoms with Gasteiger partial charge in [-0.2, -0.15) is 0 Å². The molecule has 2 amide bonds. The number of hydrogen-bond donors (Lipinski definition) is 2. The highest BCUT2D eigenvalue weighted by Gasteiger charge is 2.14. The van der Waals surface area contributed by atoms with Crippen molar-refractivity contribution in [3.63, 3.8) is 0 Å².